The van der Waals surface area contributed by atoms with Gasteiger partial charge in [0.2, 0.25) is 0 Å². The summed E-state index contributed by atoms with van der Waals surface area (Å²) in [7, 11) is 0. The average Bonchev–Trinajstić information content (AvgIpc) is 2.80. The molecule has 1 aliphatic heterocycles. The Morgan fingerprint density at radius 3 is 1.97 bits per heavy atom. The summed E-state index contributed by atoms with van der Waals surface area (Å²) in [6.07, 6.45) is 4.41. The Bertz CT molecular complexity index is 901. The number of nitrogens with one attached hydrogen (secondary N) is 2. The monoisotopic (exact) mass is 451 g/mol. The number of nitrogen functional groups attached to an aromatic ring is 2. The van der Waals surface area contributed by atoms with E-state index in [1.807, 2.05) is 12.1 Å². The summed E-state index contributed by atoms with van der Waals surface area (Å²) >= 11 is 0. The smallest absolute Gasteiger partial charge is 0.0971 e. The van der Waals surface area contributed by atoms with Crippen LogP contribution >= 0.6 is 0 Å². The standard InChI is InChI=1S/C27H43N6/c1-4-16-33(17-6-12-31-25-8-10-27(29)23(3)21-25)18-14-32(15-19-33)13-5-11-30-24-7-9-26(28)22(2)20-24/h4,7-10,20-21,30-31H,1,5-6,11-19,28-29H2,2-3H3/q+1. The zero-order valence-electron chi connectivity index (χ0n) is 20.6. The molecule has 0 atom stereocenters. The third kappa shape index (κ3) is 7.41. The Hall–Kier alpha value is -2.70. The molecule has 1 saturated heterocycles. The fraction of sp³-hybridized carbons (Fsp3) is 0.481. The van der Waals surface area contributed by atoms with Crippen molar-refractivity contribution in [2.75, 3.05) is 81.0 Å². The van der Waals surface area contributed by atoms with Gasteiger partial charge in [0.25, 0.3) is 0 Å². The Balaban J connectivity index is 1.36. The minimum absolute atomic E-state index is 0.852. The van der Waals surface area contributed by atoms with E-state index in [0.29, 0.717) is 0 Å². The third-order valence-electron chi connectivity index (χ3n) is 6.96. The van der Waals surface area contributed by atoms with Gasteiger partial charge in [0.1, 0.15) is 0 Å². The van der Waals surface area contributed by atoms with Gasteiger partial charge in [0.05, 0.1) is 26.2 Å². The van der Waals surface area contributed by atoms with E-state index in [-0.39, 0.29) is 0 Å². The van der Waals surface area contributed by atoms with Crippen LogP contribution in [0.5, 0.6) is 0 Å². The molecule has 3 rings (SSSR count). The van der Waals surface area contributed by atoms with Crippen LogP contribution < -0.4 is 22.1 Å². The van der Waals surface area contributed by atoms with Crippen molar-refractivity contribution in [1.29, 1.82) is 0 Å². The summed E-state index contributed by atoms with van der Waals surface area (Å²) in [4.78, 5) is 2.62. The number of piperazine rings is 1. The molecule has 0 spiro atoms. The lowest BCUT2D eigenvalue weighted by atomic mass is 10.1. The summed E-state index contributed by atoms with van der Waals surface area (Å²) in [5.74, 6) is 0. The number of rotatable bonds is 12. The molecule has 1 heterocycles. The lowest BCUT2D eigenvalue weighted by Gasteiger charge is -2.44. The van der Waals surface area contributed by atoms with E-state index >= 15 is 0 Å². The maximum absolute atomic E-state index is 5.93. The molecule has 1 aliphatic rings. The van der Waals surface area contributed by atoms with Gasteiger partial charge in [0, 0.05) is 61.9 Å². The molecule has 0 saturated carbocycles. The summed E-state index contributed by atoms with van der Waals surface area (Å²) in [6.45, 7) is 18.3. The largest absolute Gasteiger partial charge is 0.399 e. The van der Waals surface area contributed by atoms with Gasteiger partial charge >= 0.3 is 0 Å². The Morgan fingerprint density at radius 1 is 0.909 bits per heavy atom. The van der Waals surface area contributed by atoms with Crippen molar-refractivity contribution in [2.45, 2.75) is 26.7 Å². The number of benzene rings is 2. The third-order valence-corrected chi connectivity index (χ3v) is 6.96. The second-order valence-electron chi connectivity index (χ2n) is 9.53. The van der Waals surface area contributed by atoms with Crippen molar-refractivity contribution in [3.63, 3.8) is 0 Å². The van der Waals surface area contributed by atoms with Crippen LogP contribution in [0.2, 0.25) is 0 Å². The summed E-state index contributed by atoms with van der Waals surface area (Å²) in [5.41, 5.74) is 18.1. The van der Waals surface area contributed by atoms with Crippen LogP contribution in [-0.2, 0) is 0 Å². The van der Waals surface area contributed by atoms with Gasteiger partial charge < -0.3 is 26.6 Å². The van der Waals surface area contributed by atoms with Crippen LogP contribution in [0.3, 0.4) is 0 Å². The van der Waals surface area contributed by atoms with E-state index in [0.717, 1.165) is 77.4 Å². The Kier molecular flexibility index (Phi) is 9.03. The van der Waals surface area contributed by atoms with Crippen molar-refractivity contribution in [1.82, 2.24) is 4.90 Å². The second-order valence-corrected chi connectivity index (χ2v) is 9.53. The van der Waals surface area contributed by atoms with Crippen molar-refractivity contribution in [2.24, 2.45) is 0 Å². The van der Waals surface area contributed by atoms with E-state index in [4.69, 9.17) is 11.5 Å². The maximum Gasteiger partial charge on any atom is 0.0971 e. The van der Waals surface area contributed by atoms with E-state index in [1.54, 1.807) is 0 Å². The van der Waals surface area contributed by atoms with Crippen molar-refractivity contribution < 1.29 is 4.48 Å². The maximum atomic E-state index is 5.93. The van der Waals surface area contributed by atoms with Gasteiger partial charge in [0.15, 0.2) is 0 Å². The lowest BCUT2D eigenvalue weighted by Crippen LogP contribution is -2.60. The normalized spacial score (nSPS) is 15.8. The Morgan fingerprint density at radius 2 is 1.45 bits per heavy atom. The van der Waals surface area contributed by atoms with Gasteiger partial charge in [-0.15, -0.1) is 0 Å². The minimum atomic E-state index is 0.852. The van der Waals surface area contributed by atoms with Crippen LogP contribution in [-0.4, -0.2) is 68.3 Å². The predicted octanol–water partition coefficient (Wildman–Crippen LogP) is 4.09. The number of nitrogens with zero attached hydrogens (tertiary/aromatic N) is 2. The highest BCUT2D eigenvalue weighted by atomic mass is 15.4. The number of anilines is 4. The molecule has 6 N–H and O–H groups in total. The van der Waals surface area contributed by atoms with Crippen LogP contribution in [0.25, 0.3) is 0 Å². The van der Waals surface area contributed by atoms with Gasteiger partial charge in [-0.05, 0) is 73.9 Å². The molecule has 2 aromatic rings. The minimum Gasteiger partial charge on any atom is -0.399 e. The summed E-state index contributed by atoms with van der Waals surface area (Å²) < 4.78 is 1.16. The number of hydrogen-bond acceptors (Lipinski definition) is 5. The molecule has 0 aromatic heterocycles. The van der Waals surface area contributed by atoms with E-state index in [2.05, 4.69) is 66.3 Å². The van der Waals surface area contributed by atoms with Crippen molar-refractivity contribution in [3.8, 4) is 0 Å². The molecule has 33 heavy (non-hydrogen) atoms. The highest BCUT2D eigenvalue weighted by Gasteiger charge is 2.31. The van der Waals surface area contributed by atoms with Crippen molar-refractivity contribution >= 4 is 22.7 Å². The van der Waals surface area contributed by atoms with Gasteiger partial charge in [-0.1, -0.05) is 6.58 Å². The average molecular weight is 452 g/mol. The quantitative estimate of drug-likeness (QED) is 0.169. The fourth-order valence-corrected chi connectivity index (χ4v) is 4.68. The van der Waals surface area contributed by atoms with E-state index in [9.17, 15) is 0 Å². The first-order chi connectivity index (χ1) is 15.9. The van der Waals surface area contributed by atoms with Crippen LogP contribution in [0, 0.1) is 13.8 Å². The van der Waals surface area contributed by atoms with Gasteiger partial charge in [-0.2, -0.15) is 0 Å². The molecule has 2 aromatic carbocycles. The summed E-state index contributed by atoms with van der Waals surface area (Å²) in [6, 6.07) is 12.3. The molecule has 6 nitrogen and oxygen atoms in total. The molecule has 1 fully saturated rings. The second kappa shape index (κ2) is 12.0. The predicted molar refractivity (Wildman–Crippen MR) is 144 cm³/mol. The van der Waals surface area contributed by atoms with Crippen LogP contribution in [0.1, 0.15) is 24.0 Å². The number of nitrogens with two attached hydrogens (primary N) is 2. The lowest BCUT2D eigenvalue weighted by molar-refractivity contribution is -0.926. The molecular weight excluding hydrogens is 408 g/mol. The highest BCUT2D eigenvalue weighted by Crippen LogP contribution is 2.19. The Labute approximate surface area is 200 Å². The molecule has 180 valence electrons. The zero-order chi connectivity index (χ0) is 23.7. The molecular formula is C27H43N6+. The molecule has 0 aliphatic carbocycles. The first-order valence-corrected chi connectivity index (χ1v) is 12.3. The van der Waals surface area contributed by atoms with Crippen molar-refractivity contribution in [3.05, 3.63) is 60.2 Å². The molecule has 0 radical (unpaired) electrons. The number of aryl methyl sites for hydroxylation is 2. The molecule has 0 unspecified atom stereocenters. The first kappa shape index (κ1) is 24.9. The highest BCUT2D eigenvalue weighted by molar-refractivity contribution is 5.57. The van der Waals surface area contributed by atoms with E-state index < -0.39 is 0 Å². The summed E-state index contributed by atoms with van der Waals surface area (Å²) in [5, 5.41) is 7.09. The van der Waals surface area contributed by atoms with Gasteiger partial charge in [-0.3, -0.25) is 4.90 Å². The zero-order valence-corrected chi connectivity index (χ0v) is 20.6. The topological polar surface area (TPSA) is 79.3 Å². The molecule has 0 amide bonds. The van der Waals surface area contributed by atoms with Crippen LogP contribution in [0.4, 0.5) is 22.7 Å². The number of hydrogen-bond donors (Lipinski definition) is 4. The first-order valence-electron chi connectivity index (χ1n) is 12.3. The SMILES string of the molecule is C=CC[N+]1(CCCNc2ccc(N)c(C)c2)CCN(CCCNc2ccc(N)c(C)c2)CC1. The van der Waals surface area contributed by atoms with E-state index in [1.165, 1.54) is 32.7 Å². The fourth-order valence-electron chi connectivity index (χ4n) is 4.68. The number of quaternary nitrogens is 1. The molecule has 6 heteroatoms. The molecule has 0 bridgehead atoms. The van der Waals surface area contributed by atoms with Crippen LogP contribution in [0.15, 0.2) is 49.1 Å². The van der Waals surface area contributed by atoms with Gasteiger partial charge in [-0.25, -0.2) is 0 Å².